The smallest absolute Gasteiger partial charge is 0.190 e. The fourth-order valence-electron chi connectivity index (χ4n) is 2.71. The van der Waals surface area contributed by atoms with E-state index in [0.717, 1.165) is 38.7 Å². The summed E-state index contributed by atoms with van der Waals surface area (Å²) in [6, 6.07) is 11.2. The molecule has 1 fully saturated rings. The summed E-state index contributed by atoms with van der Waals surface area (Å²) in [5.41, 5.74) is 1.33. The van der Waals surface area contributed by atoms with Gasteiger partial charge >= 0.3 is 0 Å². The van der Waals surface area contributed by atoms with Crippen LogP contribution in [0.5, 0.6) is 0 Å². The Hall–Kier alpha value is -1.02. The number of hydrogen-bond donors (Lipinski definition) is 2. The number of anilines is 1. The molecule has 1 unspecified atom stereocenters. The quantitative estimate of drug-likeness (QED) is 0.444. The molecule has 6 heteroatoms. The normalized spacial score (nSPS) is 17.6. The molecule has 1 aromatic rings. The Morgan fingerprint density at radius 3 is 2.36 bits per heavy atom. The van der Waals surface area contributed by atoms with Crippen molar-refractivity contribution in [1.29, 1.82) is 0 Å². The van der Waals surface area contributed by atoms with E-state index in [9.17, 15) is 0 Å². The molecule has 0 saturated carbocycles. The number of piperazine rings is 1. The number of hydrogen-bond acceptors (Lipinski definition) is 3. The Morgan fingerprint density at radius 1 is 1.18 bits per heavy atom. The second kappa shape index (κ2) is 9.89. The molecule has 0 aromatic heterocycles. The van der Waals surface area contributed by atoms with Crippen molar-refractivity contribution >= 4 is 35.6 Å². The lowest BCUT2D eigenvalue weighted by molar-refractivity contribution is 0.197. The van der Waals surface area contributed by atoms with Crippen molar-refractivity contribution in [2.45, 2.75) is 13.0 Å². The highest BCUT2D eigenvalue weighted by Gasteiger charge is 2.21. The van der Waals surface area contributed by atoms with Gasteiger partial charge in [-0.2, -0.15) is 0 Å². The molecule has 22 heavy (non-hydrogen) atoms. The van der Waals surface area contributed by atoms with Gasteiger partial charge in [-0.25, -0.2) is 0 Å². The number of aliphatic imine (C=N–C) groups is 1. The van der Waals surface area contributed by atoms with Gasteiger partial charge in [0.1, 0.15) is 0 Å². The van der Waals surface area contributed by atoms with Crippen LogP contribution in [0.25, 0.3) is 0 Å². The van der Waals surface area contributed by atoms with Gasteiger partial charge < -0.3 is 15.5 Å². The van der Waals surface area contributed by atoms with E-state index < -0.39 is 0 Å². The van der Waals surface area contributed by atoms with E-state index in [1.165, 1.54) is 5.69 Å². The molecule has 2 rings (SSSR count). The van der Waals surface area contributed by atoms with Crippen LogP contribution in [-0.2, 0) is 0 Å². The third-order valence-corrected chi connectivity index (χ3v) is 4.08. The first-order valence-electron chi connectivity index (χ1n) is 7.67. The van der Waals surface area contributed by atoms with Crippen molar-refractivity contribution in [2.24, 2.45) is 4.99 Å². The number of guanidine groups is 1. The molecule has 1 heterocycles. The van der Waals surface area contributed by atoms with Crippen molar-refractivity contribution in [2.75, 3.05) is 51.7 Å². The number of halogens is 1. The highest BCUT2D eigenvalue weighted by Crippen LogP contribution is 2.16. The summed E-state index contributed by atoms with van der Waals surface area (Å²) in [4.78, 5) is 9.14. The van der Waals surface area contributed by atoms with Crippen LogP contribution >= 0.6 is 24.0 Å². The number of rotatable bonds is 4. The molecule has 0 bridgehead atoms. The summed E-state index contributed by atoms with van der Waals surface area (Å²) < 4.78 is 0. The number of nitrogens with one attached hydrogen (secondary N) is 2. The number of benzene rings is 1. The molecular weight excluding hydrogens is 389 g/mol. The van der Waals surface area contributed by atoms with Crippen LogP contribution in [-0.4, -0.2) is 63.7 Å². The molecule has 0 spiro atoms. The van der Waals surface area contributed by atoms with Gasteiger partial charge in [0.05, 0.1) is 0 Å². The Kier molecular flexibility index (Phi) is 8.55. The van der Waals surface area contributed by atoms with Crippen molar-refractivity contribution in [3.63, 3.8) is 0 Å². The van der Waals surface area contributed by atoms with Crippen molar-refractivity contribution < 1.29 is 0 Å². The summed E-state index contributed by atoms with van der Waals surface area (Å²) in [6.45, 7) is 7.59. The summed E-state index contributed by atoms with van der Waals surface area (Å²) >= 11 is 0. The maximum atomic E-state index is 4.14. The third-order valence-electron chi connectivity index (χ3n) is 4.08. The minimum absolute atomic E-state index is 0. The van der Waals surface area contributed by atoms with Crippen LogP contribution in [0.4, 0.5) is 5.69 Å². The molecule has 0 aliphatic carbocycles. The highest BCUT2D eigenvalue weighted by atomic mass is 127. The van der Waals surface area contributed by atoms with Gasteiger partial charge in [0.2, 0.25) is 0 Å². The average Bonchev–Trinajstić information content (AvgIpc) is 2.56. The minimum atomic E-state index is 0. The first-order valence-corrected chi connectivity index (χ1v) is 7.67. The van der Waals surface area contributed by atoms with E-state index in [2.05, 4.69) is 62.7 Å². The van der Waals surface area contributed by atoms with E-state index in [1.807, 2.05) is 7.05 Å². The standard InChI is InChI=1S/C16H27N5.HI/c1-14(13-19-16(17-2)18-3)20-9-11-21(12-10-20)15-7-5-4-6-8-15;/h4-8,14H,9-13H2,1-3H3,(H2,17,18,19);1H. The first-order chi connectivity index (χ1) is 10.2. The zero-order chi connectivity index (χ0) is 15.1. The monoisotopic (exact) mass is 417 g/mol. The van der Waals surface area contributed by atoms with Crippen LogP contribution in [0.3, 0.4) is 0 Å². The Labute approximate surface area is 151 Å². The second-order valence-electron chi connectivity index (χ2n) is 5.41. The molecule has 1 aromatic carbocycles. The number of nitrogens with zero attached hydrogens (tertiary/aromatic N) is 3. The second-order valence-corrected chi connectivity index (χ2v) is 5.41. The van der Waals surface area contributed by atoms with Gasteiger partial charge in [-0.1, -0.05) is 18.2 Å². The van der Waals surface area contributed by atoms with Gasteiger partial charge in [0.25, 0.3) is 0 Å². The molecule has 2 N–H and O–H groups in total. The van der Waals surface area contributed by atoms with Crippen molar-refractivity contribution in [1.82, 2.24) is 15.5 Å². The zero-order valence-electron chi connectivity index (χ0n) is 13.7. The highest BCUT2D eigenvalue weighted by molar-refractivity contribution is 14.0. The van der Waals surface area contributed by atoms with Crippen molar-refractivity contribution in [3.05, 3.63) is 30.3 Å². The summed E-state index contributed by atoms with van der Waals surface area (Å²) in [6.07, 6.45) is 0. The molecule has 1 aliphatic rings. The minimum Gasteiger partial charge on any atom is -0.369 e. The van der Waals surface area contributed by atoms with Gasteiger partial charge in [0, 0.05) is 58.5 Å². The van der Waals surface area contributed by atoms with Crippen LogP contribution < -0.4 is 15.5 Å². The molecule has 0 amide bonds. The zero-order valence-corrected chi connectivity index (χ0v) is 16.1. The van der Waals surface area contributed by atoms with Gasteiger partial charge in [-0.05, 0) is 19.1 Å². The van der Waals surface area contributed by atoms with Crippen LogP contribution in [0.15, 0.2) is 35.3 Å². The average molecular weight is 417 g/mol. The van der Waals surface area contributed by atoms with E-state index in [1.54, 1.807) is 7.05 Å². The molecule has 0 radical (unpaired) electrons. The predicted octanol–water partition coefficient (Wildman–Crippen LogP) is 1.61. The SMILES string of the molecule is CN=C(NC)NCC(C)N1CCN(c2ccccc2)CC1.I. The first kappa shape index (κ1) is 19.0. The van der Waals surface area contributed by atoms with Gasteiger partial charge in [-0.15, -0.1) is 24.0 Å². The van der Waals surface area contributed by atoms with E-state index in [0.29, 0.717) is 6.04 Å². The molecular formula is C16H28IN5. The van der Waals surface area contributed by atoms with E-state index >= 15 is 0 Å². The Bertz CT molecular complexity index is 443. The van der Waals surface area contributed by atoms with Crippen LogP contribution in [0.1, 0.15) is 6.92 Å². The van der Waals surface area contributed by atoms with E-state index in [-0.39, 0.29) is 24.0 Å². The largest absolute Gasteiger partial charge is 0.369 e. The summed E-state index contributed by atoms with van der Waals surface area (Å²) in [5, 5.41) is 6.39. The number of para-hydroxylation sites is 1. The summed E-state index contributed by atoms with van der Waals surface area (Å²) in [7, 11) is 3.68. The third kappa shape index (κ3) is 5.31. The molecule has 1 aliphatic heterocycles. The topological polar surface area (TPSA) is 42.9 Å². The van der Waals surface area contributed by atoms with Crippen molar-refractivity contribution in [3.8, 4) is 0 Å². The Balaban J connectivity index is 0.00000242. The lowest BCUT2D eigenvalue weighted by atomic mass is 10.2. The lowest BCUT2D eigenvalue weighted by Crippen LogP contribution is -2.53. The van der Waals surface area contributed by atoms with Crippen LogP contribution in [0.2, 0.25) is 0 Å². The Morgan fingerprint density at radius 2 is 1.82 bits per heavy atom. The molecule has 1 saturated heterocycles. The maximum Gasteiger partial charge on any atom is 0.190 e. The van der Waals surface area contributed by atoms with Crippen LogP contribution in [0, 0.1) is 0 Å². The lowest BCUT2D eigenvalue weighted by Gasteiger charge is -2.39. The van der Waals surface area contributed by atoms with E-state index in [4.69, 9.17) is 0 Å². The summed E-state index contributed by atoms with van der Waals surface area (Å²) in [5.74, 6) is 0.852. The maximum absolute atomic E-state index is 4.14. The van der Waals surface area contributed by atoms with Gasteiger partial charge in [-0.3, -0.25) is 9.89 Å². The fourth-order valence-corrected chi connectivity index (χ4v) is 2.71. The van der Waals surface area contributed by atoms with Gasteiger partial charge in [0.15, 0.2) is 5.96 Å². The fraction of sp³-hybridized carbons (Fsp3) is 0.562. The molecule has 1 atom stereocenters. The molecule has 5 nitrogen and oxygen atoms in total. The predicted molar refractivity (Wildman–Crippen MR) is 106 cm³/mol. The molecule has 124 valence electrons.